The molecule has 0 aromatic heterocycles. The Morgan fingerprint density at radius 1 is 0.906 bits per heavy atom. The fraction of sp³-hybridized carbons (Fsp3) is 0.269. The smallest absolute Gasteiger partial charge is 0.251 e. The summed E-state index contributed by atoms with van der Waals surface area (Å²) in [5.74, 6) is 0.0640. The molecule has 0 spiro atoms. The summed E-state index contributed by atoms with van der Waals surface area (Å²) >= 11 is 0. The molecule has 0 fully saturated rings. The van der Waals surface area contributed by atoms with E-state index in [0.29, 0.717) is 17.8 Å². The first kappa shape index (κ1) is 23.5. The van der Waals surface area contributed by atoms with Crippen molar-refractivity contribution in [3.8, 4) is 0 Å². The Hall–Kier alpha value is -3.12. The molecule has 5 nitrogen and oxygen atoms in total. The van der Waals surface area contributed by atoms with E-state index < -0.39 is 10.0 Å². The van der Waals surface area contributed by atoms with Gasteiger partial charge in [-0.25, -0.2) is 8.42 Å². The molecule has 1 atom stereocenters. The minimum absolute atomic E-state index is 0.144. The predicted octanol–water partition coefficient (Wildman–Crippen LogP) is 4.80. The molecule has 0 unspecified atom stereocenters. The molecule has 168 valence electrons. The molecule has 3 aromatic carbocycles. The van der Waals surface area contributed by atoms with Gasteiger partial charge in [-0.05, 0) is 54.2 Å². The van der Waals surface area contributed by atoms with Crippen molar-refractivity contribution in [2.75, 3.05) is 17.1 Å². The van der Waals surface area contributed by atoms with Crippen molar-refractivity contribution in [2.45, 2.75) is 33.2 Å². The van der Waals surface area contributed by atoms with Gasteiger partial charge in [0.05, 0.1) is 18.5 Å². The van der Waals surface area contributed by atoms with Gasteiger partial charge in [-0.2, -0.15) is 0 Å². The third-order valence-electron chi connectivity index (χ3n) is 5.57. The largest absolute Gasteiger partial charge is 0.351 e. The lowest BCUT2D eigenvalue weighted by Crippen LogP contribution is -2.30. The lowest BCUT2D eigenvalue weighted by molar-refractivity contribution is 0.0951. The lowest BCUT2D eigenvalue weighted by atomic mass is 10.0. The van der Waals surface area contributed by atoms with Crippen LogP contribution in [-0.4, -0.2) is 27.1 Å². The monoisotopic (exact) mass is 450 g/mol. The van der Waals surface area contributed by atoms with E-state index in [9.17, 15) is 13.2 Å². The van der Waals surface area contributed by atoms with Gasteiger partial charge < -0.3 is 5.32 Å². The van der Waals surface area contributed by atoms with Gasteiger partial charge in [-0.3, -0.25) is 9.10 Å². The highest BCUT2D eigenvalue weighted by Crippen LogP contribution is 2.28. The van der Waals surface area contributed by atoms with Crippen LogP contribution in [0.5, 0.6) is 0 Å². The third-order valence-corrected chi connectivity index (χ3v) is 6.68. The van der Waals surface area contributed by atoms with Gasteiger partial charge in [0.25, 0.3) is 5.91 Å². The van der Waals surface area contributed by atoms with Gasteiger partial charge in [-0.15, -0.1) is 0 Å². The molecular weight excluding hydrogens is 420 g/mol. The fourth-order valence-corrected chi connectivity index (χ4v) is 4.74. The Bertz CT molecular complexity index is 1150. The normalized spacial score (nSPS) is 12.2. The van der Waals surface area contributed by atoms with Gasteiger partial charge >= 0.3 is 0 Å². The summed E-state index contributed by atoms with van der Waals surface area (Å²) in [6, 6.07) is 22.9. The summed E-state index contributed by atoms with van der Waals surface area (Å²) in [7, 11) is -3.48. The number of aryl methyl sites for hydroxylation is 2. The number of carbonyl (C=O) groups excluding carboxylic acids is 1. The molecule has 0 aliphatic carbocycles. The highest BCUT2D eigenvalue weighted by atomic mass is 32.2. The maximum atomic E-state index is 12.6. The Morgan fingerprint density at radius 3 is 2.06 bits per heavy atom. The van der Waals surface area contributed by atoms with Crippen LogP contribution in [0.4, 0.5) is 5.69 Å². The lowest BCUT2D eigenvalue weighted by Gasteiger charge is -2.26. The van der Waals surface area contributed by atoms with Gasteiger partial charge in [0.1, 0.15) is 0 Å². The summed E-state index contributed by atoms with van der Waals surface area (Å²) in [6.07, 6.45) is 1.22. The standard InChI is InChI=1S/C26H30N2O3S/c1-19-9-8-10-20(2)25(19)28(32(4,30)31)18-22-13-15-24(16-14-22)26(29)27-17-21(3)23-11-6-5-7-12-23/h5-16,21H,17-18H2,1-4H3,(H,27,29)/t21-/m1/s1. The number of sulfonamides is 1. The summed E-state index contributed by atoms with van der Waals surface area (Å²) in [6.45, 7) is 6.64. The molecule has 1 amide bonds. The van der Waals surface area contributed by atoms with E-state index in [0.717, 1.165) is 16.7 Å². The second kappa shape index (κ2) is 10.0. The molecule has 3 aromatic rings. The number of carbonyl (C=O) groups is 1. The molecule has 0 bridgehead atoms. The van der Waals surface area contributed by atoms with Crippen molar-refractivity contribution in [1.29, 1.82) is 0 Å². The zero-order valence-electron chi connectivity index (χ0n) is 19.0. The average molecular weight is 451 g/mol. The van der Waals surface area contributed by atoms with Gasteiger partial charge in [0, 0.05) is 12.1 Å². The van der Waals surface area contributed by atoms with Crippen LogP contribution < -0.4 is 9.62 Å². The summed E-state index contributed by atoms with van der Waals surface area (Å²) in [4.78, 5) is 12.6. The van der Waals surface area contributed by atoms with E-state index in [1.807, 2.05) is 50.2 Å². The van der Waals surface area contributed by atoms with E-state index in [1.54, 1.807) is 24.3 Å². The van der Waals surface area contributed by atoms with E-state index >= 15 is 0 Å². The molecule has 32 heavy (non-hydrogen) atoms. The van der Waals surface area contributed by atoms with E-state index in [4.69, 9.17) is 0 Å². The minimum atomic E-state index is -3.48. The average Bonchev–Trinajstić information content (AvgIpc) is 2.76. The number of nitrogens with one attached hydrogen (secondary N) is 1. The van der Waals surface area contributed by atoms with Crippen LogP contribution in [0.2, 0.25) is 0 Å². The Labute approximate surface area is 191 Å². The quantitative estimate of drug-likeness (QED) is 0.536. The highest BCUT2D eigenvalue weighted by molar-refractivity contribution is 7.92. The van der Waals surface area contributed by atoms with Crippen LogP contribution in [0.15, 0.2) is 72.8 Å². The third kappa shape index (κ3) is 5.77. The molecule has 0 radical (unpaired) electrons. The second-order valence-corrected chi connectivity index (χ2v) is 10.1. The topological polar surface area (TPSA) is 66.5 Å². The molecule has 0 heterocycles. The van der Waals surface area contributed by atoms with Crippen molar-refractivity contribution in [3.63, 3.8) is 0 Å². The molecule has 0 aliphatic rings. The zero-order chi connectivity index (χ0) is 23.3. The number of benzene rings is 3. The van der Waals surface area contributed by atoms with Crippen molar-refractivity contribution in [3.05, 3.63) is 101 Å². The Kier molecular flexibility index (Phi) is 7.36. The first-order chi connectivity index (χ1) is 15.2. The number of amides is 1. The van der Waals surface area contributed by atoms with Gasteiger partial charge in [0.15, 0.2) is 0 Å². The molecular formula is C26H30N2O3S. The van der Waals surface area contributed by atoms with Crippen molar-refractivity contribution in [1.82, 2.24) is 5.32 Å². The number of para-hydroxylation sites is 1. The van der Waals surface area contributed by atoms with Crippen LogP contribution in [0.3, 0.4) is 0 Å². The van der Waals surface area contributed by atoms with Crippen LogP contribution >= 0.6 is 0 Å². The van der Waals surface area contributed by atoms with E-state index in [2.05, 4.69) is 24.4 Å². The Balaban J connectivity index is 1.71. The van der Waals surface area contributed by atoms with Gasteiger partial charge in [-0.1, -0.05) is 67.6 Å². The second-order valence-electron chi connectivity index (χ2n) is 8.23. The SMILES string of the molecule is Cc1cccc(C)c1N(Cc1ccc(C(=O)NC[C@@H](C)c2ccccc2)cc1)S(C)(=O)=O. The molecule has 1 N–H and O–H groups in total. The van der Waals surface area contributed by atoms with Crippen molar-refractivity contribution < 1.29 is 13.2 Å². The fourth-order valence-electron chi connectivity index (χ4n) is 3.74. The van der Waals surface area contributed by atoms with Crippen molar-refractivity contribution >= 4 is 21.6 Å². The highest BCUT2D eigenvalue weighted by Gasteiger charge is 2.21. The van der Waals surface area contributed by atoms with E-state index in [1.165, 1.54) is 16.1 Å². The van der Waals surface area contributed by atoms with Crippen LogP contribution in [0, 0.1) is 13.8 Å². The van der Waals surface area contributed by atoms with E-state index in [-0.39, 0.29) is 18.4 Å². The first-order valence-electron chi connectivity index (χ1n) is 10.6. The van der Waals surface area contributed by atoms with Gasteiger partial charge in [0.2, 0.25) is 10.0 Å². The summed E-state index contributed by atoms with van der Waals surface area (Å²) in [5, 5.41) is 2.98. The first-order valence-corrected chi connectivity index (χ1v) is 12.5. The molecule has 3 rings (SSSR count). The minimum Gasteiger partial charge on any atom is -0.351 e. The maximum Gasteiger partial charge on any atom is 0.251 e. The number of anilines is 1. The summed E-state index contributed by atoms with van der Waals surface area (Å²) < 4.78 is 26.5. The van der Waals surface area contributed by atoms with Crippen LogP contribution in [0.1, 0.15) is 45.5 Å². The molecule has 0 saturated carbocycles. The number of nitrogens with zero attached hydrogens (tertiary/aromatic N) is 1. The predicted molar refractivity (Wildman–Crippen MR) is 131 cm³/mol. The summed E-state index contributed by atoms with van der Waals surface area (Å²) in [5.41, 5.74) is 5.04. The number of hydrogen-bond acceptors (Lipinski definition) is 3. The van der Waals surface area contributed by atoms with Crippen LogP contribution in [-0.2, 0) is 16.6 Å². The molecule has 0 saturated heterocycles. The van der Waals surface area contributed by atoms with Crippen LogP contribution in [0.25, 0.3) is 0 Å². The maximum absolute atomic E-state index is 12.6. The Morgan fingerprint density at radius 2 is 1.50 bits per heavy atom. The number of hydrogen-bond donors (Lipinski definition) is 1. The molecule has 0 aliphatic heterocycles. The molecule has 6 heteroatoms. The zero-order valence-corrected chi connectivity index (χ0v) is 19.8. The number of rotatable bonds is 8. The van der Waals surface area contributed by atoms with Crippen molar-refractivity contribution in [2.24, 2.45) is 0 Å².